The van der Waals surface area contributed by atoms with Crippen molar-refractivity contribution in [3.8, 4) is 0 Å². The number of rotatable bonds is 3. The molecule has 2 rings (SSSR count). The molecule has 1 aromatic rings. The summed E-state index contributed by atoms with van der Waals surface area (Å²) < 4.78 is 0. The molecule has 0 aliphatic carbocycles. The van der Waals surface area contributed by atoms with Crippen LogP contribution in [0, 0.1) is 10.1 Å². The van der Waals surface area contributed by atoms with Crippen molar-refractivity contribution in [3.05, 3.63) is 38.9 Å². The molecule has 0 aromatic heterocycles. The number of non-ortho nitro benzene ring substituents is 1. The lowest BCUT2D eigenvalue weighted by atomic mass is 10.1. The molecule has 0 spiro atoms. The minimum absolute atomic E-state index is 0.0304. The van der Waals surface area contributed by atoms with Gasteiger partial charge in [0.15, 0.2) is 0 Å². The van der Waals surface area contributed by atoms with Crippen LogP contribution in [0.2, 0.25) is 5.02 Å². The van der Waals surface area contributed by atoms with Gasteiger partial charge in [-0.25, -0.2) is 0 Å². The van der Waals surface area contributed by atoms with E-state index >= 15 is 0 Å². The van der Waals surface area contributed by atoms with Gasteiger partial charge in [-0.15, -0.1) is 0 Å². The number of likely N-dealkylation sites (N-methyl/N-ethyl adjacent to an activating group) is 1. The quantitative estimate of drug-likeness (QED) is 0.670. The molecule has 1 aliphatic heterocycles. The number of nitrogens with zero attached hydrogens (tertiary/aromatic N) is 2. The maximum atomic E-state index is 12.1. The summed E-state index contributed by atoms with van der Waals surface area (Å²) in [5, 5.41) is 13.5. The van der Waals surface area contributed by atoms with Crippen LogP contribution in [0.4, 0.5) is 5.69 Å². The first-order chi connectivity index (χ1) is 9.38. The lowest BCUT2D eigenvalue weighted by molar-refractivity contribution is -0.384. The Hall–Kier alpha value is -2.15. The number of hydrogen-bond donors (Lipinski definition) is 1. The molecule has 1 aromatic carbocycles. The van der Waals surface area contributed by atoms with E-state index in [1.54, 1.807) is 7.05 Å². The van der Waals surface area contributed by atoms with E-state index in [4.69, 9.17) is 11.6 Å². The molecule has 0 radical (unpaired) electrons. The smallest absolute Gasteiger partial charge is 0.270 e. The van der Waals surface area contributed by atoms with Crippen molar-refractivity contribution in [2.24, 2.45) is 0 Å². The normalized spacial score (nSPS) is 18.2. The Morgan fingerprint density at radius 3 is 2.80 bits per heavy atom. The summed E-state index contributed by atoms with van der Waals surface area (Å²) in [6.07, 6.45) is 0.217. The highest BCUT2D eigenvalue weighted by atomic mass is 35.5. The van der Waals surface area contributed by atoms with Gasteiger partial charge < -0.3 is 10.2 Å². The lowest BCUT2D eigenvalue weighted by Gasteiger charge is -2.13. The van der Waals surface area contributed by atoms with Crippen molar-refractivity contribution < 1.29 is 14.5 Å². The maximum Gasteiger partial charge on any atom is 0.270 e. The molecule has 0 bridgehead atoms. The molecule has 1 N–H and O–H groups in total. The predicted molar refractivity (Wildman–Crippen MR) is 71.6 cm³/mol. The first-order valence-corrected chi connectivity index (χ1v) is 6.25. The molecule has 1 atom stereocenters. The molecule has 1 heterocycles. The van der Waals surface area contributed by atoms with Crippen LogP contribution in [-0.4, -0.2) is 41.3 Å². The zero-order chi connectivity index (χ0) is 14.9. The fourth-order valence-corrected chi connectivity index (χ4v) is 2.23. The van der Waals surface area contributed by atoms with E-state index in [9.17, 15) is 19.7 Å². The summed E-state index contributed by atoms with van der Waals surface area (Å²) in [6, 6.07) is 3.35. The van der Waals surface area contributed by atoms with Gasteiger partial charge >= 0.3 is 0 Å². The highest BCUT2D eigenvalue weighted by Crippen LogP contribution is 2.22. The number of hydrogen-bond acceptors (Lipinski definition) is 4. The number of likely N-dealkylation sites (tertiary alicyclic amines) is 1. The monoisotopic (exact) mass is 297 g/mol. The van der Waals surface area contributed by atoms with Gasteiger partial charge in [-0.05, 0) is 6.07 Å². The van der Waals surface area contributed by atoms with Gasteiger partial charge in [-0.3, -0.25) is 19.7 Å². The van der Waals surface area contributed by atoms with Crippen molar-refractivity contribution in [3.63, 3.8) is 0 Å². The molecule has 0 unspecified atom stereocenters. The second-order valence-corrected chi connectivity index (χ2v) is 4.98. The van der Waals surface area contributed by atoms with E-state index in [0.29, 0.717) is 6.54 Å². The zero-order valence-electron chi connectivity index (χ0n) is 10.6. The molecule has 1 fully saturated rings. The van der Waals surface area contributed by atoms with Crippen LogP contribution >= 0.6 is 11.6 Å². The van der Waals surface area contributed by atoms with Crippen LogP contribution in [0.3, 0.4) is 0 Å². The van der Waals surface area contributed by atoms with E-state index in [1.807, 2.05) is 0 Å². The van der Waals surface area contributed by atoms with E-state index in [0.717, 1.165) is 6.07 Å². The van der Waals surface area contributed by atoms with Gasteiger partial charge in [0.25, 0.3) is 11.6 Å². The number of carbonyl (C=O) groups excluding carboxylic acids is 2. The second-order valence-electron chi connectivity index (χ2n) is 4.57. The third-order valence-electron chi connectivity index (χ3n) is 3.08. The standard InChI is InChI=1S/C12H12ClN3O4/c1-15-6-7(4-11(15)17)14-12(18)9-5-8(16(19)20)2-3-10(9)13/h2-3,5,7H,4,6H2,1H3,(H,14,18)/t7-/m1/s1. The Balaban J connectivity index is 2.15. The number of benzene rings is 1. The average Bonchev–Trinajstić information content (AvgIpc) is 2.68. The van der Waals surface area contributed by atoms with Crippen LogP contribution in [-0.2, 0) is 4.79 Å². The topological polar surface area (TPSA) is 92.6 Å². The van der Waals surface area contributed by atoms with Crippen molar-refractivity contribution in [2.45, 2.75) is 12.5 Å². The molecule has 106 valence electrons. The molecule has 1 saturated heterocycles. The van der Waals surface area contributed by atoms with E-state index < -0.39 is 10.8 Å². The average molecular weight is 298 g/mol. The van der Waals surface area contributed by atoms with Gasteiger partial charge in [0, 0.05) is 32.1 Å². The number of nitro groups is 1. The first kappa shape index (κ1) is 14.3. The molecule has 1 aliphatic rings. The Morgan fingerprint density at radius 1 is 1.55 bits per heavy atom. The molecule has 7 nitrogen and oxygen atoms in total. The number of halogens is 1. The molecule has 2 amide bonds. The van der Waals surface area contributed by atoms with Crippen molar-refractivity contribution in [1.82, 2.24) is 10.2 Å². The minimum atomic E-state index is -0.597. The van der Waals surface area contributed by atoms with Crippen LogP contribution in [0.1, 0.15) is 16.8 Å². The number of nitro benzene ring substituents is 1. The summed E-state index contributed by atoms with van der Waals surface area (Å²) in [5.41, 5.74) is -0.179. The summed E-state index contributed by atoms with van der Waals surface area (Å²) >= 11 is 5.88. The summed E-state index contributed by atoms with van der Waals surface area (Å²) in [5.74, 6) is -0.577. The fourth-order valence-electron chi connectivity index (χ4n) is 2.02. The molecular weight excluding hydrogens is 286 g/mol. The lowest BCUT2D eigenvalue weighted by Crippen LogP contribution is -2.36. The van der Waals surface area contributed by atoms with E-state index in [1.165, 1.54) is 17.0 Å². The summed E-state index contributed by atoms with van der Waals surface area (Å²) in [7, 11) is 1.65. The van der Waals surface area contributed by atoms with E-state index in [-0.39, 0.29) is 34.6 Å². The SMILES string of the molecule is CN1C[C@H](NC(=O)c2cc([N+](=O)[O-])ccc2Cl)CC1=O. The minimum Gasteiger partial charge on any atom is -0.347 e. The van der Waals surface area contributed by atoms with Crippen LogP contribution in [0.15, 0.2) is 18.2 Å². The first-order valence-electron chi connectivity index (χ1n) is 5.87. The summed E-state index contributed by atoms with van der Waals surface area (Å²) in [4.78, 5) is 35.0. The van der Waals surface area contributed by atoms with Crippen LogP contribution < -0.4 is 5.32 Å². The highest BCUT2D eigenvalue weighted by Gasteiger charge is 2.28. The van der Waals surface area contributed by atoms with Crippen LogP contribution in [0.25, 0.3) is 0 Å². The van der Waals surface area contributed by atoms with Gasteiger partial charge in [-0.1, -0.05) is 11.6 Å². The maximum absolute atomic E-state index is 12.1. The Morgan fingerprint density at radius 2 is 2.25 bits per heavy atom. The summed E-state index contributed by atoms with van der Waals surface area (Å²) in [6.45, 7) is 0.414. The van der Waals surface area contributed by atoms with Crippen molar-refractivity contribution in [1.29, 1.82) is 0 Å². The zero-order valence-corrected chi connectivity index (χ0v) is 11.4. The third kappa shape index (κ3) is 2.88. The predicted octanol–water partition coefficient (Wildman–Crippen LogP) is 1.21. The molecule has 0 saturated carbocycles. The Kier molecular flexibility index (Phi) is 3.89. The molecule has 8 heteroatoms. The van der Waals surface area contributed by atoms with Crippen molar-refractivity contribution >= 4 is 29.1 Å². The van der Waals surface area contributed by atoms with Gasteiger partial charge in [0.1, 0.15) is 0 Å². The van der Waals surface area contributed by atoms with Gasteiger partial charge in [-0.2, -0.15) is 0 Å². The number of carbonyl (C=O) groups is 2. The Bertz CT molecular complexity index is 590. The van der Waals surface area contributed by atoms with Crippen LogP contribution in [0.5, 0.6) is 0 Å². The number of nitrogens with one attached hydrogen (secondary N) is 1. The third-order valence-corrected chi connectivity index (χ3v) is 3.41. The second kappa shape index (κ2) is 5.46. The van der Waals surface area contributed by atoms with E-state index in [2.05, 4.69) is 5.32 Å². The fraction of sp³-hybridized carbons (Fsp3) is 0.333. The largest absolute Gasteiger partial charge is 0.347 e. The van der Waals surface area contributed by atoms with Gasteiger partial charge in [0.2, 0.25) is 5.91 Å². The highest BCUT2D eigenvalue weighted by molar-refractivity contribution is 6.34. The molecular formula is C12H12ClN3O4. The van der Waals surface area contributed by atoms with Gasteiger partial charge in [0.05, 0.1) is 21.6 Å². The Labute approximate surface area is 119 Å². The number of amides is 2. The van der Waals surface area contributed by atoms with Crippen molar-refractivity contribution in [2.75, 3.05) is 13.6 Å². The molecule has 20 heavy (non-hydrogen) atoms.